The van der Waals surface area contributed by atoms with Gasteiger partial charge in [0.1, 0.15) is 5.60 Å². The fourth-order valence-corrected chi connectivity index (χ4v) is 3.04. The molecule has 6 nitrogen and oxygen atoms in total. The molecule has 0 aromatic carbocycles. The highest BCUT2D eigenvalue weighted by Gasteiger charge is 2.18. The number of nitrogens with two attached hydrogens (primary N) is 1. The molecule has 2 heterocycles. The predicted octanol–water partition coefficient (Wildman–Crippen LogP) is 3.50. The monoisotopic (exact) mass is 312 g/mol. The smallest absolute Gasteiger partial charge is 0.413 e. The summed E-state index contributed by atoms with van der Waals surface area (Å²) in [4.78, 5) is 21.1. The van der Waals surface area contributed by atoms with Crippen molar-refractivity contribution in [3.63, 3.8) is 0 Å². The summed E-state index contributed by atoms with van der Waals surface area (Å²) >= 11 is 2.71. The van der Waals surface area contributed by atoms with E-state index in [1.165, 1.54) is 22.7 Å². The number of thiazole rings is 2. The van der Waals surface area contributed by atoms with Crippen molar-refractivity contribution in [1.29, 1.82) is 0 Å². The van der Waals surface area contributed by atoms with E-state index in [1.54, 1.807) is 0 Å². The molecule has 0 aliphatic rings. The van der Waals surface area contributed by atoms with E-state index in [2.05, 4.69) is 15.3 Å². The standard InChI is InChI=1S/C12H16N4O2S2/c1-6-8(20-9(13)14-6)7-5-19-10(15-7)16-11(17)18-12(2,3)4/h5H,1-4H3,(H2,13,14)(H,15,16,17). The van der Waals surface area contributed by atoms with Crippen molar-refractivity contribution in [2.24, 2.45) is 0 Å². The second-order valence-corrected chi connectivity index (χ2v) is 7.02. The van der Waals surface area contributed by atoms with E-state index in [4.69, 9.17) is 10.5 Å². The van der Waals surface area contributed by atoms with Crippen LogP contribution in [-0.2, 0) is 4.74 Å². The molecule has 0 atom stereocenters. The van der Waals surface area contributed by atoms with Crippen molar-refractivity contribution in [3.8, 4) is 10.6 Å². The molecular weight excluding hydrogens is 296 g/mol. The first-order chi connectivity index (χ1) is 9.24. The van der Waals surface area contributed by atoms with Crippen LogP contribution in [0.2, 0.25) is 0 Å². The van der Waals surface area contributed by atoms with Crippen molar-refractivity contribution in [2.75, 3.05) is 11.1 Å². The molecule has 0 spiro atoms. The number of hydrogen-bond donors (Lipinski definition) is 2. The topological polar surface area (TPSA) is 90.1 Å². The number of nitrogens with zero attached hydrogens (tertiary/aromatic N) is 2. The van der Waals surface area contributed by atoms with Crippen LogP contribution >= 0.6 is 22.7 Å². The van der Waals surface area contributed by atoms with Gasteiger partial charge in [0, 0.05) is 5.38 Å². The molecule has 0 aliphatic heterocycles. The molecule has 2 aromatic heterocycles. The number of nitrogen functional groups attached to an aromatic ring is 1. The Hall–Kier alpha value is -1.67. The number of hydrogen-bond acceptors (Lipinski definition) is 7. The summed E-state index contributed by atoms with van der Waals surface area (Å²) in [5.41, 5.74) is 6.72. The van der Waals surface area contributed by atoms with Crippen LogP contribution in [0.3, 0.4) is 0 Å². The number of amides is 1. The Morgan fingerprint density at radius 2 is 2.10 bits per heavy atom. The van der Waals surface area contributed by atoms with Gasteiger partial charge in [0.05, 0.1) is 16.3 Å². The Kier molecular flexibility index (Phi) is 3.96. The zero-order chi connectivity index (χ0) is 14.9. The maximum Gasteiger partial charge on any atom is 0.413 e. The number of aromatic nitrogens is 2. The Balaban J connectivity index is 2.10. The molecule has 0 fully saturated rings. The quantitative estimate of drug-likeness (QED) is 0.885. The van der Waals surface area contributed by atoms with Gasteiger partial charge >= 0.3 is 6.09 Å². The molecule has 0 saturated carbocycles. The van der Waals surface area contributed by atoms with Gasteiger partial charge in [-0.1, -0.05) is 11.3 Å². The van der Waals surface area contributed by atoms with Crippen LogP contribution in [0.15, 0.2) is 5.38 Å². The van der Waals surface area contributed by atoms with Crippen LogP contribution in [0, 0.1) is 6.92 Å². The third-order valence-electron chi connectivity index (χ3n) is 2.16. The summed E-state index contributed by atoms with van der Waals surface area (Å²) in [7, 11) is 0. The summed E-state index contributed by atoms with van der Waals surface area (Å²) in [5.74, 6) is 0. The number of aryl methyl sites for hydroxylation is 1. The average molecular weight is 312 g/mol. The van der Waals surface area contributed by atoms with Crippen LogP contribution in [-0.4, -0.2) is 21.7 Å². The lowest BCUT2D eigenvalue weighted by atomic mass is 10.2. The molecule has 108 valence electrons. The van der Waals surface area contributed by atoms with Crippen LogP contribution in [0.25, 0.3) is 10.6 Å². The van der Waals surface area contributed by atoms with E-state index >= 15 is 0 Å². The minimum Gasteiger partial charge on any atom is -0.444 e. The zero-order valence-electron chi connectivity index (χ0n) is 11.7. The van der Waals surface area contributed by atoms with E-state index in [0.717, 1.165) is 16.3 Å². The fraction of sp³-hybridized carbons (Fsp3) is 0.417. The van der Waals surface area contributed by atoms with Gasteiger partial charge in [-0.25, -0.2) is 14.8 Å². The van der Waals surface area contributed by atoms with Crippen molar-refractivity contribution >= 4 is 39.0 Å². The third-order valence-corrected chi connectivity index (χ3v) is 3.92. The first kappa shape index (κ1) is 14.7. The average Bonchev–Trinajstić information content (AvgIpc) is 2.82. The van der Waals surface area contributed by atoms with Crippen molar-refractivity contribution in [3.05, 3.63) is 11.1 Å². The van der Waals surface area contributed by atoms with Crippen molar-refractivity contribution in [1.82, 2.24) is 9.97 Å². The molecule has 20 heavy (non-hydrogen) atoms. The van der Waals surface area contributed by atoms with Crippen LogP contribution in [0.4, 0.5) is 15.1 Å². The maximum absolute atomic E-state index is 11.6. The van der Waals surface area contributed by atoms with Crippen LogP contribution in [0.5, 0.6) is 0 Å². The minimum atomic E-state index is -0.535. The van der Waals surface area contributed by atoms with Crippen LogP contribution in [0.1, 0.15) is 26.5 Å². The maximum atomic E-state index is 11.6. The van der Waals surface area contributed by atoms with E-state index in [9.17, 15) is 4.79 Å². The zero-order valence-corrected chi connectivity index (χ0v) is 13.3. The summed E-state index contributed by atoms with van der Waals surface area (Å²) in [5, 5.41) is 5.46. The first-order valence-corrected chi connectivity index (χ1v) is 7.63. The molecule has 0 saturated heterocycles. The van der Waals surface area contributed by atoms with Gasteiger partial charge in [-0.3, -0.25) is 5.32 Å². The Labute approximate surface area is 125 Å². The molecule has 0 radical (unpaired) electrons. The summed E-state index contributed by atoms with van der Waals surface area (Å²) in [6, 6.07) is 0. The normalized spacial score (nSPS) is 11.4. The second-order valence-electron chi connectivity index (χ2n) is 5.13. The lowest BCUT2D eigenvalue weighted by Gasteiger charge is -2.18. The molecule has 3 N–H and O–H groups in total. The first-order valence-electron chi connectivity index (χ1n) is 5.93. The second kappa shape index (κ2) is 5.37. The molecule has 0 bridgehead atoms. The SMILES string of the molecule is Cc1nc(N)sc1-c1csc(NC(=O)OC(C)(C)C)n1. The Bertz CT molecular complexity index is 628. The van der Waals surface area contributed by atoms with Gasteiger partial charge in [-0.15, -0.1) is 11.3 Å². The van der Waals surface area contributed by atoms with Gasteiger partial charge in [-0.05, 0) is 27.7 Å². The lowest BCUT2D eigenvalue weighted by molar-refractivity contribution is 0.0636. The molecule has 1 amide bonds. The van der Waals surface area contributed by atoms with E-state index in [-0.39, 0.29) is 0 Å². The molecule has 8 heteroatoms. The van der Waals surface area contributed by atoms with Crippen molar-refractivity contribution < 1.29 is 9.53 Å². The highest BCUT2D eigenvalue weighted by Crippen LogP contribution is 2.33. The summed E-state index contributed by atoms with van der Waals surface area (Å²) in [6.45, 7) is 7.30. The molecular formula is C12H16N4O2S2. The predicted molar refractivity (Wildman–Crippen MR) is 82.2 cm³/mol. The number of anilines is 2. The minimum absolute atomic E-state index is 0.487. The number of carbonyl (C=O) groups excluding carboxylic acids is 1. The van der Waals surface area contributed by atoms with Gasteiger partial charge in [0.15, 0.2) is 10.3 Å². The molecule has 0 unspecified atom stereocenters. The van der Waals surface area contributed by atoms with E-state index in [1.807, 2.05) is 33.1 Å². The Morgan fingerprint density at radius 1 is 1.40 bits per heavy atom. The number of carbonyl (C=O) groups is 1. The lowest BCUT2D eigenvalue weighted by Crippen LogP contribution is -2.27. The van der Waals surface area contributed by atoms with Gasteiger partial charge in [0.2, 0.25) is 0 Å². The fourth-order valence-electron chi connectivity index (χ4n) is 1.48. The highest BCUT2D eigenvalue weighted by molar-refractivity contribution is 7.19. The molecule has 0 aliphatic carbocycles. The van der Waals surface area contributed by atoms with Gasteiger partial charge < -0.3 is 10.5 Å². The third kappa shape index (κ3) is 3.67. The van der Waals surface area contributed by atoms with Crippen LogP contribution < -0.4 is 11.1 Å². The largest absolute Gasteiger partial charge is 0.444 e. The summed E-state index contributed by atoms with van der Waals surface area (Å²) in [6.07, 6.45) is -0.515. The Morgan fingerprint density at radius 3 is 2.65 bits per heavy atom. The molecule has 2 rings (SSSR count). The number of rotatable bonds is 2. The highest BCUT2D eigenvalue weighted by atomic mass is 32.1. The summed E-state index contributed by atoms with van der Waals surface area (Å²) < 4.78 is 5.17. The number of nitrogens with one attached hydrogen (secondary N) is 1. The van der Waals surface area contributed by atoms with E-state index in [0.29, 0.717) is 10.3 Å². The van der Waals surface area contributed by atoms with Gasteiger partial charge in [0.25, 0.3) is 0 Å². The number of ether oxygens (including phenoxy) is 1. The van der Waals surface area contributed by atoms with Crippen molar-refractivity contribution in [2.45, 2.75) is 33.3 Å². The van der Waals surface area contributed by atoms with Gasteiger partial charge in [-0.2, -0.15) is 0 Å². The molecule has 2 aromatic rings. The van der Waals surface area contributed by atoms with E-state index < -0.39 is 11.7 Å².